The minimum atomic E-state index is -4.64. The van der Waals surface area contributed by atoms with Gasteiger partial charge in [-0.05, 0) is 77.0 Å². The quantitative estimate of drug-likeness (QED) is 0.0195. The van der Waals surface area contributed by atoms with Crippen LogP contribution >= 0.6 is 7.82 Å². The maximum Gasteiger partial charge on any atom is 0.306 e. The fourth-order valence-corrected chi connectivity index (χ4v) is 8.80. The van der Waals surface area contributed by atoms with E-state index in [2.05, 4.69) is 62.5 Å². The van der Waals surface area contributed by atoms with Crippen LogP contribution in [0.1, 0.15) is 264 Å². The Bertz CT molecular complexity index is 1310. The number of likely N-dealkylation sites (N-methyl/N-ethyl adjacent to an activating group) is 1. The average Bonchev–Trinajstić information content (AvgIpc) is 3.31. The lowest BCUT2D eigenvalue weighted by Gasteiger charge is -2.28. The van der Waals surface area contributed by atoms with Crippen molar-refractivity contribution in [1.82, 2.24) is 0 Å². The highest BCUT2D eigenvalue weighted by Crippen LogP contribution is 2.38. The van der Waals surface area contributed by atoms with Crippen molar-refractivity contribution in [3.8, 4) is 0 Å². The van der Waals surface area contributed by atoms with Crippen LogP contribution in [0.4, 0.5) is 0 Å². The van der Waals surface area contributed by atoms with Gasteiger partial charge in [0, 0.05) is 12.8 Å². The molecule has 2 unspecified atom stereocenters. The average molecular weight is 993 g/mol. The Morgan fingerprint density at radius 2 is 0.783 bits per heavy atom. The van der Waals surface area contributed by atoms with Crippen molar-refractivity contribution in [2.24, 2.45) is 0 Å². The van der Waals surface area contributed by atoms with Crippen LogP contribution in [0.15, 0.2) is 48.6 Å². The number of nitrogens with zero attached hydrogens (tertiary/aromatic N) is 1. The van der Waals surface area contributed by atoms with Gasteiger partial charge >= 0.3 is 11.9 Å². The Hall–Kier alpha value is -2.03. The van der Waals surface area contributed by atoms with Gasteiger partial charge in [-0.3, -0.25) is 14.2 Å². The van der Waals surface area contributed by atoms with Crippen molar-refractivity contribution >= 4 is 19.8 Å². The number of carbonyl (C=O) groups is 2. The summed E-state index contributed by atoms with van der Waals surface area (Å²) in [7, 11) is 1.17. The molecule has 0 N–H and O–H groups in total. The van der Waals surface area contributed by atoms with E-state index in [1.165, 1.54) is 161 Å². The molecular weight excluding hydrogens is 882 g/mol. The number of phosphoric acid groups is 1. The monoisotopic (exact) mass is 992 g/mol. The first-order valence-electron chi connectivity index (χ1n) is 28.8. The molecule has 0 aromatic rings. The van der Waals surface area contributed by atoms with Gasteiger partial charge in [-0.25, -0.2) is 0 Å². The van der Waals surface area contributed by atoms with E-state index in [4.69, 9.17) is 18.5 Å². The maximum atomic E-state index is 12.8. The largest absolute Gasteiger partial charge is 0.756 e. The molecule has 10 heteroatoms. The molecule has 0 spiro atoms. The number of quaternary nitrogens is 1. The summed E-state index contributed by atoms with van der Waals surface area (Å²) in [6, 6.07) is 0. The van der Waals surface area contributed by atoms with Crippen LogP contribution in [0.5, 0.6) is 0 Å². The molecule has 0 saturated heterocycles. The normalized spacial score (nSPS) is 13.7. The Kier molecular flexibility index (Phi) is 49.4. The van der Waals surface area contributed by atoms with Crippen LogP contribution in [0.25, 0.3) is 0 Å². The number of esters is 2. The molecule has 0 aliphatic carbocycles. The van der Waals surface area contributed by atoms with Gasteiger partial charge < -0.3 is 27.9 Å². The highest BCUT2D eigenvalue weighted by Gasteiger charge is 2.22. The Labute approximate surface area is 426 Å². The number of allylic oxidation sites excluding steroid dienone is 8. The number of ether oxygens (including phenoxy) is 2. The molecule has 0 aliphatic heterocycles. The molecule has 0 radical (unpaired) electrons. The second kappa shape index (κ2) is 50.9. The van der Waals surface area contributed by atoms with Gasteiger partial charge in [-0.1, -0.05) is 223 Å². The van der Waals surface area contributed by atoms with Gasteiger partial charge in [0.05, 0.1) is 27.7 Å². The third-order valence-corrected chi connectivity index (χ3v) is 13.5. The topological polar surface area (TPSA) is 111 Å². The molecule has 2 atom stereocenters. The number of phosphoric ester groups is 1. The van der Waals surface area contributed by atoms with E-state index in [0.717, 1.165) is 70.6 Å². The lowest BCUT2D eigenvalue weighted by molar-refractivity contribution is -0.870. The molecule has 0 aromatic heterocycles. The van der Waals surface area contributed by atoms with Gasteiger partial charge in [-0.15, -0.1) is 0 Å². The summed E-state index contributed by atoms with van der Waals surface area (Å²) >= 11 is 0. The first kappa shape index (κ1) is 67.0. The van der Waals surface area contributed by atoms with Crippen molar-refractivity contribution in [2.75, 3.05) is 47.5 Å². The minimum absolute atomic E-state index is 0.0322. The lowest BCUT2D eigenvalue weighted by atomic mass is 10.0. The van der Waals surface area contributed by atoms with Gasteiger partial charge in [-0.2, -0.15) is 0 Å². The molecular formula is C59H110NO8P. The van der Waals surface area contributed by atoms with Gasteiger partial charge in [0.1, 0.15) is 19.8 Å². The summed E-state index contributed by atoms with van der Waals surface area (Å²) in [5.41, 5.74) is 0. The zero-order valence-electron chi connectivity index (χ0n) is 45.8. The molecule has 9 nitrogen and oxygen atoms in total. The van der Waals surface area contributed by atoms with E-state index >= 15 is 0 Å². The van der Waals surface area contributed by atoms with E-state index in [9.17, 15) is 19.0 Å². The first-order valence-corrected chi connectivity index (χ1v) is 30.3. The number of unbranched alkanes of at least 4 members (excludes halogenated alkanes) is 31. The van der Waals surface area contributed by atoms with Crippen molar-refractivity contribution in [1.29, 1.82) is 0 Å². The smallest absolute Gasteiger partial charge is 0.306 e. The maximum absolute atomic E-state index is 12.8. The first-order chi connectivity index (χ1) is 33.5. The fourth-order valence-electron chi connectivity index (χ4n) is 8.07. The van der Waals surface area contributed by atoms with E-state index in [-0.39, 0.29) is 32.0 Å². The highest BCUT2D eigenvalue weighted by molar-refractivity contribution is 7.45. The van der Waals surface area contributed by atoms with Gasteiger partial charge in [0.25, 0.3) is 7.82 Å². The third kappa shape index (κ3) is 55.1. The third-order valence-electron chi connectivity index (χ3n) is 12.6. The summed E-state index contributed by atoms with van der Waals surface area (Å²) in [5.74, 6) is -0.836. The molecule has 404 valence electrons. The summed E-state index contributed by atoms with van der Waals surface area (Å²) < 4.78 is 34.1. The Morgan fingerprint density at radius 3 is 1.17 bits per heavy atom. The van der Waals surface area contributed by atoms with Crippen molar-refractivity contribution < 1.29 is 42.1 Å². The van der Waals surface area contributed by atoms with E-state index in [0.29, 0.717) is 17.4 Å². The van der Waals surface area contributed by atoms with E-state index < -0.39 is 26.5 Å². The lowest BCUT2D eigenvalue weighted by Crippen LogP contribution is -2.37. The second-order valence-electron chi connectivity index (χ2n) is 20.6. The second-order valence-corrected chi connectivity index (χ2v) is 22.1. The molecule has 0 bridgehead atoms. The molecule has 0 saturated carbocycles. The van der Waals surface area contributed by atoms with E-state index in [1.807, 2.05) is 21.1 Å². The number of rotatable bonds is 53. The molecule has 69 heavy (non-hydrogen) atoms. The summed E-state index contributed by atoms with van der Waals surface area (Å²) in [4.78, 5) is 37.8. The van der Waals surface area contributed by atoms with Crippen LogP contribution in [0.2, 0.25) is 0 Å². The van der Waals surface area contributed by atoms with Crippen LogP contribution in [0, 0.1) is 0 Å². The zero-order valence-corrected chi connectivity index (χ0v) is 46.7. The highest BCUT2D eigenvalue weighted by atomic mass is 31.2. The summed E-state index contributed by atoms with van der Waals surface area (Å²) in [5, 5.41) is 0. The van der Waals surface area contributed by atoms with Gasteiger partial charge in [0.15, 0.2) is 6.10 Å². The molecule has 0 amide bonds. The predicted molar refractivity (Wildman–Crippen MR) is 291 cm³/mol. The summed E-state index contributed by atoms with van der Waals surface area (Å²) in [6.07, 6.45) is 63.0. The van der Waals surface area contributed by atoms with Crippen LogP contribution in [0.3, 0.4) is 0 Å². The van der Waals surface area contributed by atoms with Gasteiger partial charge in [0.2, 0.25) is 0 Å². The predicted octanol–water partition coefficient (Wildman–Crippen LogP) is 17.1. The van der Waals surface area contributed by atoms with Crippen molar-refractivity contribution in [3.63, 3.8) is 0 Å². The Morgan fingerprint density at radius 1 is 0.449 bits per heavy atom. The minimum Gasteiger partial charge on any atom is -0.756 e. The van der Waals surface area contributed by atoms with Crippen molar-refractivity contribution in [2.45, 2.75) is 270 Å². The SMILES string of the molecule is CCCCCCC/C=C\C/C=C\C/C=C\CCCCCCCCCCCCCCCCC(=O)OC(COC(=O)CCCCCCC/C=C\CCCCCCCCC)COP(=O)([O-])OCC[N+](C)(C)C. The van der Waals surface area contributed by atoms with E-state index in [1.54, 1.807) is 0 Å². The van der Waals surface area contributed by atoms with Crippen LogP contribution in [-0.4, -0.2) is 70.0 Å². The molecule has 0 heterocycles. The molecule has 0 fully saturated rings. The zero-order chi connectivity index (χ0) is 50.6. The fraction of sp³-hybridized carbons (Fsp3) is 0.831. The number of carbonyl (C=O) groups excluding carboxylic acids is 2. The molecule has 0 rings (SSSR count). The molecule has 0 aromatic carbocycles. The Balaban J connectivity index is 4.12. The van der Waals surface area contributed by atoms with Crippen molar-refractivity contribution in [3.05, 3.63) is 48.6 Å². The summed E-state index contributed by atoms with van der Waals surface area (Å²) in [6.45, 7) is 4.24. The number of hydrogen-bond acceptors (Lipinski definition) is 8. The van der Waals surface area contributed by atoms with Crippen LogP contribution < -0.4 is 4.89 Å². The molecule has 0 aliphatic rings. The standard InChI is InChI=1S/C59H110NO8P/c1-6-8-10-12-14-16-18-20-22-24-25-26-27-28-29-30-31-32-33-34-35-36-38-40-42-44-46-48-50-52-59(62)68-57(56-67-69(63,64)66-54-53-60(3,4)5)55-65-58(61)51-49-47-45-43-41-39-37-23-21-19-17-15-13-11-9-7-2/h18,20,23-25,27-28,37,57H,6-17,19,21-22,26,29-36,38-56H2,1-5H3/b20-18-,25-24-,28-27-,37-23-. The van der Waals surface area contributed by atoms with Crippen LogP contribution in [-0.2, 0) is 32.7 Å². The number of hydrogen-bond donors (Lipinski definition) is 0.